The van der Waals surface area contributed by atoms with E-state index in [1.54, 1.807) is 22.3 Å². The highest BCUT2D eigenvalue weighted by molar-refractivity contribution is 7.22. The Bertz CT molecular complexity index is 1570. The smallest absolute Gasteiger partial charge is 0.258 e. The first-order valence-electron chi connectivity index (χ1n) is 11.7. The van der Waals surface area contributed by atoms with Gasteiger partial charge in [-0.15, -0.1) is 0 Å². The maximum atomic E-state index is 13.4. The van der Waals surface area contributed by atoms with E-state index in [2.05, 4.69) is 35.9 Å². The molecular weight excluding hydrogens is 456 g/mol. The van der Waals surface area contributed by atoms with E-state index in [0.717, 1.165) is 21.3 Å². The summed E-state index contributed by atoms with van der Waals surface area (Å²) in [5.74, 6) is 0.604. The van der Waals surface area contributed by atoms with Crippen molar-refractivity contribution in [3.63, 3.8) is 0 Å². The van der Waals surface area contributed by atoms with E-state index in [-0.39, 0.29) is 11.5 Å². The number of aryl methyl sites for hydroxylation is 3. The van der Waals surface area contributed by atoms with Crippen LogP contribution in [0, 0.1) is 13.8 Å². The predicted octanol–water partition coefficient (Wildman–Crippen LogP) is 5.71. The van der Waals surface area contributed by atoms with Crippen molar-refractivity contribution in [3.8, 4) is 0 Å². The molecule has 3 aromatic carbocycles. The van der Waals surface area contributed by atoms with Gasteiger partial charge in [0.05, 0.1) is 27.7 Å². The van der Waals surface area contributed by atoms with Gasteiger partial charge in [-0.1, -0.05) is 59.9 Å². The van der Waals surface area contributed by atoms with Gasteiger partial charge < -0.3 is 4.98 Å². The molecule has 0 saturated heterocycles. The third kappa shape index (κ3) is 5.00. The Morgan fingerprint density at radius 3 is 2.57 bits per heavy atom. The molecular formula is C28H26N4O2S. The van der Waals surface area contributed by atoms with Crippen LogP contribution >= 0.6 is 11.3 Å². The van der Waals surface area contributed by atoms with Crippen LogP contribution in [0.1, 0.15) is 35.4 Å². The molecule has 176 valence electrons. The average Bonchev–Trinajstić information content (AvgIpc) is 3.27. The number of aromatic nitrogens is 3. The quantitative estimate of drug-likeness (QED) is 0.322. The van der Waals surface area contributed by atoms with Crippen molar-refractivity contribution in [1.29, 1.82) is 0 Å². The predicted molar refractivity (Wildman–Crippen MR) is 142 cm³/mol. The minimum Gasteiger partial charge on any atom is -0.310 e. The average molecular weight is 483 g/mol. The second kappa shape index (κ2) is 9.80. The number of rotatable bonds is 7. The fraction of sp³-hybridized carbons (Fsp3) is 0.214. The van der Waals surface area contributed by atoms with E-state index in [4.69, 9.17) is 4.98 Å². The molecule has 1 N–H and O–H groups in total. The standard InChI is InChI=1S/C28H26N4O2S/c1-18-15-19(2)26-23(16-18)30-28(35-26)32(17-20-9-4-3-5-10-20)25(33)14-8-13-24-29-22-12-7-6-11-21(22)27(34)31-24/h3-7,9-12,15-16H,8,13-14,17H2,1-2H3,(H,29,31,34). The molecule has 0 aliphatic rings. The first-order chi connectivity index (χ1) is 17.0. The highest BCUT2D eigenvalue weighted by Crippen LogP contribution is 2.33. The van der Waals surface area contributed by atoms with Gasteiger partial charge in [-0.25, -0.2) is 9.97 Å². The third-order valence-electron chi connectivity index (χ3n) is 5.99. The first kappa shape index (κ1) is 22.9. The van der Waals surface area contributed by atoms with Crippen LogP contribution in [0.15, 0.2) is 71.5 Å². The summed E-state index contributed by atoms with van der Waals surface area (Å²) in [5.41, 5.74) is 4.82. The lowest BCUT2D eigenvalue weighted by Crippen LogP contribution is -2.30. The Hall–Kier alpha value is -3.84. The summed E-state index contributed by atoms with van der Waals surface area (Å²) in [6.45, 7) is 4.60. The summed E-state index contributed by atoms with van der Waals surface area (Å²) in [4.78, 5) is 39.8. The van der Waals surface area contributed by atoms with Gasteiger partial charge >= 0.3 is 0 Å². The van der Waals surface area contributed by atoms with E-state index in [9.17, 15) is 9.59 Å². The van der Waals surface area contributed by atoms with Gasteiger partial charge in [0.1, 0.15) is 5.82 Å². The van der Waals surface area contributed by atoms with E-state index in [0.29, 0.717) is 47.7 Å². The van der Waals surface area contributed by atoms with Crippen LogP contribution in [0.3, 0.4) is 0 Å². The van der Waals surface area contributed by atoms with E-state index in [1.807, 2.05) is 48.5 Å². The van der Waals surface area contributed by atoms with Crippen molar-refractivity contribution >= 4 is 43.5 Å². The summed E-state index contributed by atoms with van der Waals surface area (Å²) in [6.07, 6.45) is 1.43. The summed E-state index contributed by atoms with van der Waals surface area (Å²) in [5, 5.41) is 1.28. The number of thiazole rings is 1. The van der Waals surface area contributed by atoms with Gasteiger partial charge in [-0.3, -0.25) is 14.5 Å². The number of hydrogen-bond acceptors (Lipinski definition) is 5. The maximum Gasteiger partial charge on any atom is 0.258 e. The molecule has 5 rings (SSSR count). The van der Waals surface area contributed by atoms with Crippen LogP contribution in [-0.4, -0.2) is 20.9 Å². The number of nitrogens with one attached hydrogen (secondary N) is 1. The van der Waals surface area contributed by atoms with E-state index < -0.39 is 0 Å². The molecule has 2 heterocycles. The number of para-hydroxylation sites is 1. The zero-order valence-electron chi connectivity index (χ0n) is 19.7. The Morgan fingerprint density at radius 2 is 1.74 bits per heavy atom. The number of aromatic amines is 1. The maximum absolute atomic E-state index is 13.4. The van der Waals surface area contributed by atoms with Gasteiger partial charge in [0, 0.05) is 12.8 Å². The van der Waals surface area contributed by atoms with Gasteiger partial charge in [-0.2, -0.15) is 0 Å². The normalized spacial score (nSPS) is 11.3. The van der Waals surface area contributed by atoms with E-state index in [1.165, 1.54) is 5.56 Å². The Kier molecular flexibility index (Phi) is 6.42. The molecule has 5 aromatic rings. The first-order valence-corrected chi connectivity index (χ1v) is 12.5. The number of hydrogen-bond donors (Lipinski definition) is 1. The number of carbonyl (C=O) groups excluding carboxylic acids is 1. The minimum atomic E-state index is -0.150. The molecule has 0 unspecified atom stereocenters. The van der Waals surface area contributed by atoms with Gasteiger partial charge in [-0.05, 0) is 55.2 Å². The highest BCUT2D eigenvalue weighted by Gasteiger charge is 2.21. The summed E-state index contributed by atoms with van der Waals surface area (Å²) >= 11 is 1.56. The zero-order valence-corrected chi connectivity index (χ0v) is 20.6. The van der Waals surface area contributed by atoms with Crippen LogP contribution in [0.5, 0.6) is 0 Å². The molecule has 0 saturated carbocycles. The molecule has 2 aromatic heterocycles. The second-order valence-corrected chi connectivity index (χ2v) is 9.75. The topological polar surface area (TPSA) is 79.0 Å². The molecule has 0 spiro atoms. The Morgan fingerprint density at radius 1 is 0.971 bits per heavy atom. The molecule has 1 amide bonds. The van der Waals surface area contributed by atoms with Gasteiger partial charge in [0.2, 0.25) is 5.91 Å². The lowest BCUT2D eigenvalue weighted by atomic mass is 10.1. The van der Waals surface area contributed by atoms with Crippen molar-refractivity contribution in [1.82, 2.24) is 15.0 Å². The van der Waals surface area contributed by atoms with Gasteiger partial charge in [0.25, 0.3) is 5.56 Å². The van der Waals surface area contributed by atoms with Crippen molar-refractivity contribution in [2.75, 3.05) is 4.90 Å². The number of anilines is 1. The summed E-state index contributed by atoms with van der Waals surface area (Å²) in [7, 11) is 0. The molecule has 0 aliphatic carbocycles. The summed E-state index contributed by atoms with van der Waals surface area (Å²) in [6, 6.07) is 21.5. The van der Waals surface area contributed by atoms with Crippen LogP contribution in [0.25, 0.3) is 21.1 Å². The van der Waals surface area contributed by atoms with Crippen molar-refractivity contribution in [2.24, 2.45) is 0 Å². The highest BCUT2D eigenvalue weighted by atomic mass is 32.1. The largest absolute Gasteiger partial charge is 0.310 e. The lowest BCUT2D eigenvalue weighted by molar-refractivity contribution is -0.118. The SMILES string of the molecule is Cc1cc(C)c2sc(N(Cc3ccccc3)C(=O)CCCc3nc4ccccc4c(=O)[nH]3)nc2c1. The number of fused-ring (bicyclic) bond motifs is 2. The zero-order chi connectivity index (χ0) is 24.4. The molecule has 0 aliphatic heterocycles. The molecule has 7 heteroatoms. The fourth-order valence-electron chi connectivity index (χ4n) is 4.30. The second-order valence-electron chi connectivity index (χ2n) is 8.78. The molecule has 35 heavy (non-hydrogen) atoms. The lowest BCUT2D eigenvalue weighted by Gasteiger charge is -2.20. The Balaban J connectivity index is 1.37. The minimum absolute atomic E-state index is 0.00502. The van der Waals surface area contributed by atoms with Crippen molar-refractivity contribution < 1.29 is 4.79 Å². The van der Waals surface area contributed by atoms with Crippen LogP contribution in [0.4, 0.5) is 5.13 Å². The van der Waals surface area contributed by atoms with Crippen molar-refractivity contribution in [3.05, 3.63) is 99.6 Å². The molecule has 0 radical (unpaired) electrons. The number of carbonyl (C=O) groups is 1. The van der Waals surface area contributed by atoms with Crippen LogP contribution < -0.4 is 10.5 Å². The Labute approximate surface area is 207 Å². The monoisotopic (exact) mass is 482 g/mol. The number of nitrogens with zero attached hydrogens (tertiary/aromatic N) is 3. The van der Waals surface area contributed by atoms with Gasteiger partial charge in [0.15, 0.2) is 5.13 Å². The fourth-order valence-corrected chi connectivity index (χ4v) is 5.34. The molecule has 0 bridgehead atoms. The third-order valence-corrected chi connectivity index (χ3v) is 7.22. The van der Waals surface area contributed by atoms with Crippen molar-refractivity contribution in [2.45, 2.75) is 39.7 Å². The van der Waals surface area contributed by atoms with E-state index >= 15 is 0 Å². The number of H-pyrrole nitrogens is 1. The van der Waals surface area contributed by atoms with Crippen LogP contribution in [-0.2, 0) is 17.8 Å². The number of amides is 1. The molecule has 6 nitrogen and oxygen atoms in total. The molecule has 0 atom stereocenters. The van der Waals surface area contributed by atoms with Crippen LogP contribution in [0.2, 0.25) is 0 Å². The molecule has 0 fully saturated rings. The number of benzene rings is 3. The summed E-state index contributed by atoms with van der Waals surface area (Å²) < 4.78 is 1.11.